The van der Waals surface area contributed by atoms with Gasteiger partial charge in [0.1, 0.15) is 5.82 Å². The molecule has 3 heterocycles. The van der Waals surface area contributed by atoms with Gasteiger partial charge in [-0.25, -0.2) is 27.2 Å². The van der Waals surface area contributed by atoms with Gasteiger partial charge in [-0.2, -0.15) is 0 Å². The smallest absolute Gasteiger partial charge is 0.292 e. The molecule has 5 aromatic rings. The van der Waals surface area contributed by atoms with Gasteiger partial charge in [0.2, 0.25) is 20.8 Å². The van der Waals surface area contributed by atoms with Crippen molar-refractivity contribution in [3.63, 3.8) is 0 Å². The first-order valence-corrected chi connectivity index (χ1v) is 17.0. The first-order valence-electron chi connectivity index (χ1n) is 15.3. The summed E-state index contributed by atoms with van der Waals surface area (Å²) >= 11 is 0. The maximum absolute atomic E-state index is 15.0. The second-order valence-corrected chi connectivity index (χ2v) is 13.6. The van der Waals surface area contributed by atoms with Crippen molar-refractivity contribution in [3.05, 3.63) is 141 Å². The van der Waals surface area contributed by atoms with Crippen LogP contribution in [-0.2, 0) is 43.7 Å². The van der Waals surface area contributed by atoms with E-state index in [1.807, 2.05) is 6.07 Å². The van der Waals surface area contributed by atoms with E-state index >= 15 is 0 Å². The highest BCUT2D eigenvalue weighted by Crippen LogP contribution is 2.27. The summed E-state index contributed by atoms with van der Waals surface area (Å²) in [6.45, 7) is 1.44. The van der Waals surface area contributed by atoms with Gasteiger partial charge in [0.15, 0.2) is 5.82 Å². The molecule has 3 aromatic carbocycles. The van der Waals surface area contributed by atoms with E-state index < -0.39 is 55.7 Å². The number of hydrogen-bond acceptors (Lipinski definition) is 8. The Kier molecular flexibility index (Phi) is 9.56. The van der Waals surface area contributed by atoms with E-state index in [1.165, 1.54) is 18.3 Å². The van der Waals surface area contributed by atoms with Crippen molar-refractivity contribution in [1.82, 2.24) is 14.5 Å². The zero-order valence-electron chi connectivity index (χ0n) is 26.2. The van der Waals surface area contributed by atoms with Crippen LogP contribution in [0, 0.1) is 18.6 Å². The quantitative estimate of drug-likeness (QED) is 0.150. The van der Waals surface area contributed by atoms with Crippen LogP contribution in [0.5, 0.6) is 0 Å². The van der Waals surface area contributed by atoms with E-state index in [1.54, 1.807) is 67.6 Å². The largest absolute Gasteiger partial charge is 0.369 e. The third-order valence-corrected chi connectivity index (χ3v) is 9.56. The number of carbonyl (C=O) groups excluding carboxylic acids is 2. The van der Waals surface area contributed by atoms with Crippen molar-refractivity contribution in [2.75, 3.05) is 11.1 Å². The van der Waals surface area contributed by atoms with Crippen molar-refractivity contribution < 1.29 is 31.5 Å². The number of ether oxygens (including phenoxy) is 1. The van der Waals surface area contributed by atoms with Gasteiger partial charge in [-0.15, -0.1) is 0 Å². The molecule has 0 bridgehead atoms. The van der Waals surface area contributed by atoms with Crippen LogP contribution in [0.2, 0.25) is 0 Å². The third kappa shape index (κ3) is 7.68. The zero-order valence-corrected chi connectivity index (χ0v) is 27.0. The van der Waals surface area contributed by atoms with Gasteiger partial charge in [0, 0.05) is 35.1 Å². The molecular formula is C36H30F2N4O6S. The molecule has 10 nitrogen and oxygen atoms in total. The highest BCUT2D eigenvalue weighted by Gasteiger charge is 2.25. The molecule has 0 saturated heterocycles. The number of benzene rings is 3. The van der Waals surface area contributed by atoms with Crippen molar-refractivity contribution in [1.29, 1.82) is 0 Å². The standard InChI is InChI=1S/C36H30F2N4O6S/c1-22-15-31(27-17-29(38)35(45)42(20-27)19-23-11-12-30-26(16-23)18-32(43)34(44)40-30)41-36(39-22)49(46,47)14-13-33(24-7-3-2-4-8-24)48-21-25-9-5-6-10-28(25)37/h2-12,15-17,20,33H,13-14,18-19,21H2,1H3,(H,40,44). The summed E-state index contributed by atoms with van der Waals surface area (Å²) in [4.78, 5) is 44.8. The number of aryl methyl sites for hydroxylation is 1. The Bertz CT molecular complexity index is 2240. The van der Waals surface area contributed by atoms with Gasteiger partial charge < -0.3 is 14.6 Å². The highest BCUT2D eigenvalue weighted by atomic mass is 32.2. The highest BCUT2D eigenvalue weighted by molar-refractivity contribution is 7.91. The number of carbonyl (C=O) groups is 2. The fourth-order valence-electron chi connectivity index (χ4n) is 5.51. The summed E-state index contributed by atoms with van der Waals surface area (Å²) in [6.07, 6.45) is 0.607. The maximum Gasteiger partial charge on any atom is 0.292 e. The lowest BCUT2D eigenvalue weighted by atomic mass is 9.99. The van der Waals surface area contributed by atoms with Crippen molar-refractivity contribution in [2.45, 2.75) is 44.2 Å². The number of ketones is 1. The summed E-state index contributed by atoms with van der Waals surface area (Å²) in [5, 5.41) is 2.04. The molecule has 49 heavy (non-hydrogen) atoms. The summed E-state index contributed by atoms with van der Waals surface area (Å²) in [5.74, 6) is -3.19. The average molecular weight is 685 g/mol. The minimum absolute atomic E-state index is 0.0169. The Morgan fingerprint density at radius 2 is 1.67 bits per heavy atom. The molecule has 13 heteroatoms. The van der Waals surface area contributed by atoms with E-state index in [4.69, 9.17) is 4.74 Å². The number of hydrogen-bond donors (Lipinski definition) is 1. The van der Waals surface area contributed by atoms with Gasteiger partial charge in [0.05, 0.1) is 30.7 Å². The Balaban J connectivity index is 1.24. The van der Waals surface area contributed by atoms with Crippen molar-refractivity contribution in [3.8, 4) is 11.3 Å². The second-order valence-electron chi connectivity index (χ2n) is 11.6. The second kappa shape index (κ2) is 14.0. The molecule has 2 aromatic heterocycles. The van der Waals surface area contributed by atoms with Crippen LogP contribution in [0.3, 0.4) is 0 Å². The predicted molar refractivity (Wildman–Crippen MR) is 176 cm³/mol. The minimum Gasteiger partial charge on any atom is -0.369 e. The summed E-state index contributed by atoms with van der Waals surface area (Å²) in [6, 6.07) is 22.6. The van der Waals surface area contributed by atoms with Crippen LogP contribution in [0.1, 0.15) is 40.5 Å². The number of anilines is 1. The van der Waals surface area contributed by atoms with Crippen LogP contribution in [-0.4, -0.2) is 40.4 Å². The number of nitrogens with one attached hydrogen (secondary N) is 1. The molecule has 250 valence electrons. The molecule has 0 fully saturated rings. The third-order valence-electron chi connectivity index (χ3n) is 8.04. The Morgan fingerprint density at radius 1 is 0.918 bits per heavy atom. The number of halogens is 2. The SMILES string of the molecule is Cc1cc(-c2cc(F)c(=O)n(Cc3ccc4c(c3)CC(=O)C(=O)N4)c2)nc(S(=O)(=O)CCC(OCc2ccccc2F)c2ccccc2)n1. The molecule has 0 spiro atoms. The van der Waals surface area contributed by atoms with Crippen LogP contribution < -0.4 is 10.9 Å². The zero-order chi connectivity index (χ0) is 34.7. The molecule has 0 radical (unpaired) electrons. The predicted octanol–water partition coefficient (Wildman–Crippen LogP) is 5.13. The maximum atomic E-state index is 15.0. The monoisotopic (exact) mass is 684 g/mol. The van der Waals surface area contributed by atoms with Crippen LogP contribution >= 0.6 is 0 Å². The molecule has 1 amide bonds. The van der Waals surface area contributed by atoms with Gasteiger partial charge in [-0.05, 0) is 54.3 Å². The van der Waals surface area contributed by atoms with E-state index in [9.17, 15) is 31.6 Å². The van der Waals surface area contributed by atoms with E-state index in [2.05, 4.69) is 15.3 Å². The molecule has 1 aliphatic rings. The van der Waals surface area contributed by atoms with Gasteiger partial charge in [-0.1, -0.05) is 60.7 Å². The molecule has 1 unspecified atom stereocenters. The van der Waals surface area contributed by atoms with Crippen molar-refractivity contribution >= 4 is 27.2 Å². The summed E-state index contributed by atoms with van der Waals surface area (Å²) < 4.78 is 63.6. The number of nitrogens with zero attached hydrogens (tertiary/aromatic N) is 3. The number of pyridine rings is 1. The Morgan fingerprint density at radius 3 is 2.45 bits per heavy atom. The van der Waals surface area contributed by atoms with Crippen molar-refractivity contribution in [2.24, 2.45) is 0 Å². The molecule has 1 atom stereocenters. The topological polar surface area (TPSA) is 137 Å². The van der Waals surface area contributed by atoms with Crippen LogP contribution in [0.4, 0.5) is 14.5 Å². The Labute approximate surface area is 280 Å². The number of sulfone groups is 1. The molecule has 0 saturated carbocycles. The average Bonchev–Trinajstić information content (AvgIpc) is 3.08. The van der Waals surface area contributed by atoms with Gasteiger partial charge >= 0.3 is 0 Å². The summed E-state index contributed by atoms with van der Waals surface area (Å²) in [5.41, 5.74) is 2.31. The van der Waals surface area contributed by atoms with Gasteiger partial charge in [-0.3, -0.25) is 14.4 Å². The lowest BCUT2D eigenvalue weighted by Gasteiger charge is -2.19. The van der Waals surface area contributed by atoms with Gasteiger partial charge in [0.25, 0.3) is 11.5 Å². The lowest BCUT2D eigenvalue weighted by Crippen LogP contribution is -2.30. The molecule has 6 rings (SSSR count). The fourth-order valence-corrected chi connectivity index (χ4v) is 6.74. The minimum atomic E-state index is -4.10. The van der Waals surface area contributed by atoms with Crippen LogP contribution in [0.15, 0.2) is 101 Å². The number of amides is 1. The number of aromatic nitrogens is 3. The number of Topliss-reactive ketones (excluding diaryl/α,β-unsaturated/α-hetero) is 1. The fraction of sp³-hybridized carbons (Fsp3) is 0.194. The van der Waals surface area contributed by atoms with E-state index in [0.717, 1.165) is 10.6 Å². The molecule has 1 N–H and O–H groups in total. The molecule has 0 aliphatic carbocycles. The van der Waals surface area contributed by atoms with E-state index in [0.29, 0.717) is 33.6 Å². The molecular weight excluding hydrogens is 654 g/mol. The van der Waals surface area contributed by atoms with E-state index in [-0.39, 0.29) is 37.3 Å². The number of rotatable bonds is 11. The summed E-state index contributed by atoms with van der Waals surface area (Å²) in [7, 11) is -4.10. The normalized spacial score (nSPS) is 13.5. The first kappa shape index (κ1) is 33.5. The first-order chi connectivity index (χ1) is 23.5. The lowest BCUT2D eigenvalue weighted by molar-refractivity contribution is -0.134. The van der Waals surface area contributed by atoms with Crippen LogP contribution in [0.25, 0.3) is 11.3 Å². The number of fused-ring (bicyclic) bond motifs is 1. The Hall–Kier alpha value is -5.40. The molecule has 1 aliphatic heterocycles.